The maximum absolute atomic E-state index is 11.9. The number of hydrogen-bond acceptors (Lipinski definition) is 6. The number of rotatable bonds is 7. The van der Waals surface area contributed by atoms with Crippen LogP contribution in [0, 0.1) is 0 Å². The molecular formula is C9H13N3O6S2. The molecule has 0 bridgehead atoms. The fourth-order valence-electron chi connectivity index (χ4n) is 1.32. The van der Waals surface area contributed by atoms with Gasteiger partial charge in [0.1, 0.15) is 6.04 Å². The van der Waals surface area contributed by atoms with E-state index in [-0.39, 0.29) is 6.42 Å². The van der Waals surface area contributed by atoms with E-state index in [1.807, 2.05) is 9.71 Å². The van der Waals surface area contributed by atoms with Crippen LogP contribution in [0.3, 0.4) is 0 Å². The number of carbonyl (C=O) groups is 1. The summed E-state index contributed by atoms with van der Waals surface area (Å²) in [7, 11) is -4.34. The zero-order valence-electron chi connectivity index (χ0n) is 10.4. The summed E-state index contributed by atoms with van der Waals surface area (Å²) < 4.78 is 25.8. The van der Waals surface area contributed by atoms with E-state index in [1.165, 1.54) is 11.8 Å². The molecule has 0 saturated carbocycles. The lowest BCUT2D eigenvalue weighted by Crippen LogP contribution is -2.43. The summed E-state index contributed by atoms with van der Waals surface area (Å²) in [4.78, 5) is 36.2. The highest BCUT2D eigenvalue weighted by molar-refractivity contribution is 7.98. The third kappa shape index (κ3) is 4.21. The van der Waals surface area contributed by atoms with Gasteiger partial charge in [0.25, 0.3) is 5.56 Å². The normalized spacial score (nSPS) is 13.1. The van der Waals surface area contributed by atoms with Crippen LogP contribution in [0.4, 0.5) is 0 Å². The Hall–Kier alpha value is -1.59. The Morgan fingerprint density at radius 3 is 2.65 bits per heavy atom. The first-order chi connectivity index (χ1) is 9.27. The molecule has 1 atom stereocenters. The van der Waals surface area contributed by atoms with Crippen molar-refractivity contribution in [3.05, 3.63) is 27.0 Å². The maximum Gasteiger partial charge on any atom is 0.325 e. The summed E-state index contributed by atoms with van der Waals surface area (Å²) in [5.74, 6) is -0.912. The van der Waals surface area contributed by atoms with Crippen LogP contribution < -0.4 is 16.0 Å². The van der Waals surface area contributed by atoms with Crippen molar-refractivity contribution in [3.8, 4) is 0 Å². The molecule has 0 aliphatic carbocycles. The summed E-state index contributed by atoms with van der Waals surface area (Å²) in [5.41, 5.74) is -1.97. The number of carboxylic acids is 1. The third-order valence-electron chi connectivity index (χ3n) is 2.28. The number of nitrogens with one attached hydrogen (secondary N) is 3. The summed E-state index contributed by atoms with van der Waals surface area (Å²) in [6.45, 7) is 0. The van der Waals surface area contributed by atoms with Gasteiger partial charge in [-0.25, -0.2) is 13.2 Å². The molecule has 0 spiro atoms. The zero-order chi connectivity index (χ0) is 15.3. The molecule has 1 aromatic rings. The second-order valence-electron chi connectivity index (χ2n) is 3.73. The Morgan fingerprint density at radius 1 is 1.50 bits per heavy atom. The van der Waals surface area contributed by atoms with Gasteiger partial charge in [0.2, 0.25) is 10.0 Å². The van der Waals surface area contributed by atoms with E-state index < -0.39 is 38.2 Å². The average molecular weight is 323 g/mol. The monoisotopic (exact) mass is 323 g/mol. The lowest BCUT2D eigenvalue weighted by Gasteiger charge is -2.13. The molecule has 0 aliphatic rings. The predicted molar refractivity (Wildman–Crippen MR) is 72.4 cm³/mol. The van der Waals surface area contributed by atoms with E-state index in [2.05, 4.69) is 0 Å². The molecule has 11 heteroatoms. The van der Waals surface area contributed by atoms with E-state index >= 15 is 0 Å². The standard InChI is InChI=1S/C9H13N3O6S2/c1-19-3-2-5(8(14)15)12-20(17,18)6-4-10-9(16)11-7(6)13/h4-5,12H,2-3H2,1H3,(H,14,15)(H2,10,11,13,16)/t5-/m1/s1. The Morgan fingerprint density at radius 2 is 2.15 bits per heavy atom. The topological polar surface area (TPSA) is 149 Å². The highest BCUT2D eigenvalue weighted by atomic mass is 32.2. The number of aliphatic carboxylic acids is 1. The van der Waals surface area contributed by atoms with Gasteiger partial charge in [0.05, 0.1) is 0 Å². The second-order valence-corrected chi connectivity index (χ2v) is 6.40. The lowest BCUT2D eigenvalue weighted by molar-refractivity contribution is -0.139. The Labute approximate surface area is 117 Å². The first-order valence-corrected chi connectivity index (χ1v) is 8.21. The second kappa shape index (κ2) is 6.72. The molecule has 0 radical (unpaired) electrons. The number of H-pyrrole nitrogens is 2. The first kappa shape index (κ1) is 16.5. The third-order valence-corrected chi connectivity index (χ3v) is 4.40. The maximum atomic E-state index is 11.9. The molecule has 1 heterocycles. The van der Waals surface area contributed by atoms with E-state index in [0.29, 0.717) is 5.75 Å². The summed E-state index contributed by atoms with van der Waals surface area (Å²) >= 11 is 1.36. The highest BCUT2D eigenvalue weighted by Gasteiger charge is 2.27. The van der Waals surface area contributed by atoms with Gasteiger partial charge in [-0.3, -0.25) is 14.6 Å². The van der Waals surface area contributed by atoms with E-state index in [1.54, 1.807) is 11.2 Å². The van der Waals surface area contributed by atoms with Crippen LogP contribution in [0.15, 0.2) is 20.7 Å². The van der Waals surface area contributed by atoms with Crippen LogP contribution in [-0.4, -0.2) is 47.5 Å². The van der Waals surface area contributed by atoms with Crippen LogP contribution >= 0.6 is 11.8 Å². The molecule has 0 unspecified atom stereocenters. The summed E-state index contributed by atoms with van der Waals surface area (Å²) in [5, 5.41) is 8.94. The summed E-state index contributed by atoms with van der Waals surface area (Å²) in [6, 6.07) is -1.35. The van der Waals surface area contributed by atoms with Crippen LogP contribution in [-0.2, 0) is 14.8 Å². The predicted octanol–water partition coefficient (Wildman–Crippen LogP) is -1.45. The van der Waals surface area contributed by atoms with E-state index in [4.69, 9.17) is 5.11 Å². The SMILES string of the molecule is CSCC[C@@H](NS(=O)(=O)c1c[nH]c(=O)[nH]c1=O)C(=O)O. The fourth-order valence-corrected chi connectivity index (χ4v) is 3.02. The minimum absolute atomic E-state index is 0.0665. The van der Waals surface area contributed by atoms with Gasteiger partial charge < -0.3 is 10.1 Å². The van der Waals surface area contributed by atoms with Crippen molar-refractivity contribution in [3.63, 3.8) is 0 Å². The molecule has 9 nitrogen and oxygen atoms in total. The van der Waals surface area contributed by atoms with Crippen molar-refractivity contribution in [1.82, 2.24) is 14.7 Å². The average Bonchev–Trinajstić information content (AvgIpc) is 2.33. The minimum atomic E-state index is -4.34. The van der Waals surface area contributed by atoms with Crippen molar-refractivity contribution in [2.45, 2.75) is 17.4 Å². The smallest absolute Gasteiger partial charge is 0.325 e. The number of thioether (sulfide) groups is 1. The molecule has 1 rings (SSSR count). The van der Waals surface area contributed by atoms with Crippen LogP contribution in [0.25, 0.3) is 0 Å². The first-order valence-electron chi connectivity index (χ1n) is 5.34. The van der Waals surface area contributed by atoms with Gasteiger partial charge in [-0.1, -0.05) is 0 Å². The number of sulfonamides is 1. The molecule has 0 aromatic carbocycles. The van der Waals surface area contributed by atoms with Crippen molar-refractivity contribution in [1.29, 1.82) is 0 Å². The fraction of sp³-hybridized carbons (Fsp3) is 0.444. The van der Waals surface area contributed by atoms with E-state index in [9.17, 15) is 22.8 Å². The van der Waals surface area contributed by atoms with Crippen molar-refractivity contribution in [2.24, 2.45) is 0 Å². The molecule has 112 valence electrons. The molecular weight excluding hydrogens is 310 g/mol. The van der Waals surface area contributed by atoms with Gasteiger partial charge in [-0.05, 0) is 18.4 Å². The van der Waals surface area contributed by atoms with Crippen molar-refractivity contribution >= 4 is 27.8 Å². The Kier molecular flexibility index (Phi) is 5.53. The molecule has 4 N–H and O–H groups in total. The van der Waals surface area contributed by atoms with Crippen LogP contribution in [0.1, 0.15) is 6.42 Å². The summed E-state index contributed by atoms with van der Waals surface area (Å²) in [6.07, 6.45) is 2.54. The molecule has 0 saturated heterocycles. The van der Waals surface area contributed by atoms with Crippen molar-refractivity contribution < 1.29 is 18.3 Å². The van der Waals surface area contributed by atoms with Gasteiger partial charge in [-0.2, -0.15) is 16.5 Å². The number of aromatic amines is 2. The molecule has 0 aliphatic heterocycles. The van der Waals surface area contributed by atoms with E-state index in [0.717, 1.165) is 6.20 Å². The van der Waals surface area contributed by atoms with Crippen molar-refractivity contribution in [2.75, 3.05) is 12.0 Å². The Bertz CT molecular complexity index is 692. The number of carboxylic acid groups (broad SMARTS) is 1. The Balaban J connectivity index is 3.06. The van der Waals surface area contributed by atoms with Gasteiger partial charge in [-0.15, -0.1) is 0 Å². The molecule has 20 heavy (non-hydrogen) atoms. The highest BCUT2D eigenvalue weighted by Crippen LogP contribution is 2.06. The van der Waals surface area contributed by atoms with Crippen LogP contribution in [0.5, 0.6) is 0 Å². The molecule has 0 fully saturated rings. The van der Waals surface area contributed by atoms with Gasteiger partial charge in [0.15, 0.2) is 4.90 Å². The quantitative estimate of drug-likeness (QED) is 0.479. The zero-order valence-corrected chi connectivity index (χ0v) is 12.0. The van der Waals surface area contributed by atoms with Gasteiger partial charge in [0, 0.05) is 6.20 Å². The number of aromatic nitrogens is 2. The lowest BCUT2D eigenvalue weighted by atomic mass is 10.2. The van der Waals surface area contributed by atoms with Crippen LogP contribution in [0.2, 0.25) is 0 Å². The molecule has 1 aromatic heterocycles. The molecule has 0 amide bonds. The number of hydrogen-bond donors (Lipinski definition) is 4. The largest absolute Gasteiger partial charge is 0.480 e. The minimum Gasteiger partial charge on any atom is -0.480 e. The van der Waals surface area contributed by atoms with Gasteiger partial charge >= 0.3 is 11.7 Å².